The van der Waals surface area contributed by atoms with Gasteiger partial charge in [-0.1, -0.05) is 71.9 Å². The zero-order valence-electron chi connectivity index (χ0n) is 69.7. The van der Waals surface area contributed by atoms with Gasteiger partial charge in [-0.05, 0) is 355 Å². The average Bonchev–Trinajstić information content (AvgIpc) is 1.47. The molecule has 3 aromatic carbocycles. The molecule has 666 valence electrons. The molecule has 27 heteroatoms. The lowest BCUT2D eigenvalue weighted by molar-refractivity contribution is -0.178. The monoisotopic (exact) mass is 1740 g/mol. The molecule has 3 heterocycles. The summed E-state index contributed by atoms with van der Waals surface area (Å²) in [5.74, 6) is 1.96. The van der Waals surface area contributed by atoms with Crippen molar-refractivity contribution < 1.29 is 70.3 Å². The third kappa shape index (κ3) is 17.3. The molecular weight excluding hydrogens is 1600 g/mol. The van der Waals surface area contributed by atoms with Crippen molar-refractivity contribution in [1.82, 2.24) is 45.4 Å². The quantitative estimate of drug-likeness (QED) is 0.0377. The highest BCUT2D eigenvalue weighted by molar-refractivity contribution is 9.09. The Morgan fingerprint density at radius 1 is 0.458 bits per heavy atom. The smallest absolute Gasteiger partial charge is 0.188 e. The molecule has 12 saturated carbocycles. The fourth-order valence-electron chi connectivity index (χ4n) is 28.6. The minimum atomic E-state index is -1.02. The summed E-state index contributed by atoms with van der Waals surface area (Å²) in [7, 11) is 5.00. The Morgan fingerprint density at radius 3 is 1.24 bits per heavy atom. The number of aromatic amines is 1. The maximum Gasteiger partial charge on any atom is 0.188 e. The molecule has 18 nitrogen and oxygen atoms in total. The van der Waals surface area contributed by atoms with Crippen LogP contribution in [0.3, 0.4) is 0 Å². The number of hydrogen-bond acceptors (Lipinski definition) is 15. The standard InChI is InChI=1S/2C30H41F2N3O3.C24H39BrO3.C6H3F2N3.3CH4.B2H3/c1-4-38-17-30-14-13-28(2,37)15-18(30)5-6-19-20-7-8-22(29(20,3)12-11-21(19)30)25(36)16-35-24-10-9-23(31)26(32)27(24)33-34-35;1-4-38-17-30-14-13-28(2,37)15-18(30)5-6-19-20-7-8-22(29(20,3)12-11-21(19)30)25(36)16-35-33-24-10-9-23(31)26(32)27(24)34-35;1-4-28-15-24-12-11-22(2,27)13-16(24)5-6-17-18-7-8-20(21(26)14-25)23(18,3)10-9-19(17)24;7-3-1-2-4-6(5(3)8)10-11-9-4;;;;1-2/h2*9-10,18-22,37H,4-8,11-17H2,1-3H3;16-20,27H,4-15H2,1-3H3;1-2H,(H,9,10,11);3*1H4;1H3/q;;;;;;;-1/t2*18-,19-,20-,21-,22+,28+,29-,30+;16-,17-,18-,19-,20+,22+,23-,24+;;;;;/m000...../s1. The van der Waals surface area contributed by atoms with Crippen molar-refractivity contribution in [3.63, 3.8) is 0 Å². The minimum Gasteiger partial charge on any atom is -0.390 e. The number of Topliss-reactive ketones (excluding diaryl/α,β-unsaturated/α-hetero) is 3. The van der Waals surface area contributed by atoms with Gasteiger partial charge in [0, 0.05) is 37.6 Å². The van der Waals surface area contributed by atoms with E-state index in [2.05, 4.69) is 93.4 Å². The molecule has 4 N–H and O–H groups in total. The first kappa shape index (κ1) is 95.5. The summed E-state index contributed by atoms with van der Waals surface area (Å²) in [5, 5.41) is 58.5. The molecule has 0 unspecified atom stereocenters. The molecule has 18 rings (SSSR count). The molecule has 0 amide bonds. The number of carbonyl (C=O) groups is 3. The lowest BCUT2D eigenvalue weighted by Gasteiger charge is -2.62. The summed E-state index contributed by atoms with van der Waals surface area (Å²) < 4.78 is 101. The summed E-state index contributed by atoms with van der Waals surface area (Å²) in [5.41, 5.74) is -0.477. The van der Waals surface area contributed by atoms with Crippen LogP contribution in [0.2, 0.25) is 0 Å². The van der Waals surface area contributed by atoms with E-state index in [1.54, 1.807) is 0 Å². The predicted octanol–water partition coefficient (Wildman–Crippen LogP) is 18.4. The molecule has 120 heavy (non-hydrogen) atoms. The van der Waals surface area contributed by atoms with E-state index in [1.807, 2.05) is 20.8 Å². The van der Waals surface area contributed by atoms with Gasteiger partial charge in [0.05, 0.1) is 47.5 Å². The van der Waals surface area contributed by atoms with Crippen LogP contribution < -0.4 is 0 Å². The fraction of sp³-hybridized carbons (Fsp3) is 0.774. The molecule has 3 aromatic heterocycles. The van der Waals surface area contributed by atoms with Gasteiger partial charge in [0.15, 0.2) is 63.0 Å². The summed E-state index contributed by atoms with van der Waals surface area (Å²) in [6.45, 7) is 24.0. The number of carbonyl (C=O) groups excluding carboxylic acids is 3. The number of halogens is 7. The van der Waals surface area contributed by atoms with E-state index in [1.165, 1.54) is 66.2 Å². The molecule has 24 atom stereocenters. The van der Waals surface area contributed by atoms with E-state index < -0.39 is 51.7 Å². The third-order valence-electron chi connectivity index (χ3n) is 34.0. The number of ether oxygens (including phenoxy) is 3. The number of alkyl halides is 1. The van der Waals surface area contributed by atoms with Crippen LogP contribution >= 0.6 is 15.9 Å². The second-order valence-electron chi connectivity index (χ2n) is 39.7. The van der Waals surface area contributed by atoms with Crippen molar-refractivity contribution in [2.24, 2.45) is 121 Å². The van der Waals surface area contributed by atoms with Crippen molar-refractivity contribution in [1.29, 1.82) is 0 Å². The first-order valence-corrected chi connectivity index (χ1v) is 44.9. The van der Waals surface area contributed by atoms with Crippen LogP contribution in [0.4, 0.5) is 26.3 Å². The number of nitrogens with zero attached hydrogens (tertiary/aromatic N) is 8. The molecular formula is C93H139B2BrF6N9O9-. The molecule has 0 saturated heterocycles. The number of benzene rings is 3. The first-order chi connectivity index (χ1) is 55.7. The van der Waals surface area contributed by atoms with E-state index in [0.717, 1.165) is 185 Å². The van der Waals surface area contributed by atoms with Crippen LogP contribution in [-0.2, 0) is 41.7 Å². The minimum absolute atomic E-state index is 0. The van der Waals surface area contributed by atoms with Gasteiger partial charge < -0.3 is 29.5 Å². The Labute approximate surface area is 718 Å². The maximum absolute atomic E-state index is 14.2. The number of rotatable bonds is 17. The zero-order valence-corrected chi connectivity index (χ0v) is 71.3. The number of hydrogen-bond donors (Lipinski definition) is 4. The topological polar surface area (TPSA) is 243 Å². The van der Waals surface area contributed by atoms with E-state index in [-0.39, 0.29) is 127 Å². The average molecular weight is 1740 g/mol. The summed E-state index contributed by atoms with van der Waals surface area (Å²) in [6, 6.07) is 7.32. The SMILES string of the molecule is C.C.C.CCOC[C@]12CC[C@@](C)(O)C[C@@H]1CC[C@H]1[C@@H]3CC[C@H](C(=O)CBr)[C@@]3(C)CC[C@@H]12.CCOC[C@]12CC[C@@](C)(O)C[C@@H]1CC[C@H]1[C@@H]3CC[C@H](C(=O)Cn4nc5ccc(F)c(F)c5n4)[C@@]3(C)CC[C@@H]12.CCOC[C@]12CC[C@@](C)(O)C[C@@H]1CC[C@H]1[C@@H]3CC[C@H](C(=O)Cn4nnc5c(F)c(F)ccc54)[C@@]3(C)CC[C@@H]12.Fc1ccc2n[nH]nc2c1F.[B][BH3-]. The van der Waals surface area contributed by atoms with E-state index in [9.17, 15) is 56.0 Å². The van der Waals surface area contributed by atoms with Crippen molar-refractivity contribution >= 4 is 81.9 Å². The van der Waals surface area contributed by atoms with Crippen molar-refractivity contribution in [2.45, 2.75) is 288 Å². The summed E-state index contributed by atoms with van der Waals surface area (Å²) in [6.07, 6.45) is 28.3. The van der Waals surface area contributed by atoms with Gasteiger partial charge in [0.2, 0.25) is 0 Å². The van der Waals surface area contributed by atoms with Crippen molar-refractivity contribution in [3.8, 4) is 0 Å². The lowest BCUT2D eigenvalue weighted by atomic mass is 9.43. The van der Waals surface area contributed by atoms with Crippen LogP contribution in [0, 0.1) is 156 Å². The molecule has 0 aliphatic heterocycles. The number of ketones is 3. The van der Waals surface area contributed by atoms with E-state index in [0.29, 0.717) is 100 Å². The Balaban J connectivity index is 0.000000163. The van der Waals surface area contributed by atoms with Gasteiger partial charge in [0.25, 0.3) is 0 Å². The largest absolute Gasteiger partial charge is 0.390 e. The maximum atomic E-state index is 14.2. The highest BCUT2D eigenvalue weighted by Gasteiger charge is 2.67. The first-order valence-electron chi connectivity index (χ1n) is 43.8. The molecule has 12 fully saturated rings. The zero-order chi connectivity index (χ0) is 83.7. The van der Waals surface area contributed by atoms with Gasteiger partial charge in [-0.15, -0.1) is 10.2 Å². The summed E-state index contributed by atoms with van der Waals surface area (Å²) in [4.78, 5) is 41.3. The van der Waals surface area contributed by atoms with Gasteiger partial charge in [0.1, 0.15) is 29.9 Å². The highest BCUT2D eigenvalue weighted by Crippen LogP contribution is 2.72. The highest BCUT2D eigenvalue weighted by atomic mass is 79.9. The Hall–Kier alpha value is -5.18. The molecule has 6 aromatic rings. The van der Waals surface area contributed by atoms with Crippen molar-refractivity contribution in [2.75, 3.05) is 45.0 Å². The van der Waals surface area contributed by atoms with Gasteiger partial charge >= 0.3 is 0 Å². The second-order valence-corrected chi connectivity index (χ2v) is 40.3. The van der Waals surface area contributed by atoms with E-state index in [4.69, 9.17) is 21.9 Å². The second kappa shape index (κ2) is 37.4. The molecule has 2 radical (unpaired) electrons. The van der Waals surface area contributed by atoms with Crippen molar-refractivity contribution in [3.05, 3.63) is 71.3 Å². The normalized spacial score (nSPS) is 38.5. The molecule has 0 spiro atoms. The predicted molar refractivity (Wildman–Crippen MR) is 463 cm³/mol. The third-order valence-corrected chi connectivity index (χ3v) is 34.6. The molecule has 12 aliphatic rings. The lowest BCUT2D eigenvalue weighted by Crippen LogP contribution is -2.58. The van der Waals surface area contributed by atoms with E-state index >= 15 is 0 Å². The number of fused-ring (bicyclic) bond motifs is 18. The number of aliphatic hydroxyl groups is 3. The molecule has 12 aliphatic carbocycles. The Kier molecular flexibility index (Phi) is 29.8. The van der Waals surface area contributed by atoms with Crippen LogP contribution in [0.1, 0.15) is 258 Å². The van der Waals surface area contributed by atoms with Gasteiger partial charge in [-0.2, -0.15) is 33.0 Å². The van der Waals surface area contributed by atoms with Crippen LogP contribution in [0.5, 0.6) is 0 Å². The van der Waals surface area contributed by atoms with Gasteiger partial charge in [-0.3, -0.25) is 14.4 Å². The summed E-state index contributed by atoms with van der Waals surface area (Å²) >= 11 is 3.44. The number of H-pyrrole nitrogens is 1. The Morgan fingerprint density at radius 2 is 0.833 bits per heavy atom. The fourth-order valence-corrected chi connectivity index (χ4v) is 29.0. The van der Waals surface area contributed by atoms with Crippen LogP contribution in [-0.4, -0.2) is 155 Å². The van der Waals surface area contributed by atoms with Crippen LogP contribution in [0.15, 0.2) is 36.4 Å². The number of aromatic nitrogens is 9. The van der Waals surface area contributed by atoms with Gasteiger partial charge in [-0.25, -0.2) is 31.0 Å². The van der Waals surface area contributed by atoms with Crippen LogP contribution in [0.25, 0.3) is 33.1 Å². The number of nitrogens with one attached hydrogen (secondary N) is 1. The Bertz CT molecular complexity index is 4540. The molecule has 0 bridgehead atoms.